The molecule has 0 amide bonds. The van der Waals surface area contributed by atoms with E-state index in [0.29, 0.717) is 5.75 Å². The number of phenolic OH excluding ortho intramolecular Hbond substituents is 1. The number of methoxy groups -OCH3 is 1. The van der Waals surface area contributed by atoms with Crippen molar-refractivity contribution in [3.63, 3.8) is 0 Å². The fourth-order valence-electron chi connectivity index (χ4n) is 2.49. The summed E-state index contributed by atoms with van der Waals surface area (Å²) in [6.07, 6.45) is 0.830. The summed E-state index contributed by atoms with van der Waals surface area (Å²) in [6.45, 7) is 1.89. The number of nitrogens with zero attached hydrogens (tertiary/aromatic N) is 1. The third-order valence-corrected chi connectivity index (χ3v) is 3.80. The predicted octanol–water partition coefficient (Wildman–Crippen LogP) is 3.15. The molecule has 0 aromatic heterocycles. The van der Waals surface area contributed by atoms with Gasteiger partial charge in [-0.25, -0.2) is 0 Å². The van der Waals surface area contributed by atoms with Gasteiger partial charge in [-0.2, -0.15) is 5.10 Å². The van der Waals surface area contributed by atoms with Crippen LogP contribution in [0.2, 0.25) is 0 Å². The van der Waals surface area contributed by atoms with Gasteiger partial charge in [0.05, 0.1) is 18.9 Å². The molecule has 21 heavy (non-hydrogen) atoms. The van der Waals surface area contributed by atoms with Gasteiger partial charge in [-0.1, -0.05) is 12.1 Å². The molecule has 0 aliphatic carbocycles. The van der Waals surface area contributed by atoms with Gasteiger partial charge in [-0.3, -0.25) is 0 Å². The van der Waals surface area contributed by atoms with Crippen molar-refractivity contribution in [2.45, 2.75) is 19.4 Å². The maximum Gasteiger partial charge on any atom is 0.118 e. The zero-order valence-corrected chi connectivity index (χ0v) is 12.1. The second-order valence-electron chi connectivity index (χ2n) is 5.22. The van der Waals surface area contributed by atoms with Crippen molar-refractivity contribution in [3.8, 4) is 11.5 Å². The fraction of sp³-hybridized carbons (Fsp3) is 0.235. The SMILES string of the molecule is COc1ccc(C2CC(c3ccc(O)c(C)c3)=NN2)cc1. The van der Waals surface area contributed by atoms with Crippen molar-refractivity contribution in [2.24, 2.45) is 5.10 Å². The predicted molar refractivity (Wildman–Crippen MR) is 82.9 cm³/mol. The minimum Gasteiger partial charge on any atom is -0.508 e. The van der Waals surface area contributed by atoms with Crippen molar-refractivity contribution in [1.29, 1.82) is 0 Å². The summed E-state index contributed by atoms with van der Waals surface area (Å²) in [6, 6.07) is 13.8. The number of phenols is 1. The highest BCUT2D eigenvalue weighted by Gasteiger charge is 2.21. The first-order chi connectivity index (χ1) is 10.2. The average molecular weight is 282 g/mol. The third-order valence-electron chi connectivity index (χ3n) is 3.80. The largest absolute Gasteiger partial charge is 0.508 e. The van der Waals surface area contributed by atoms with Crippen LogP contribution in [-0.4, -0.2) is 17.9 Å². The quantitative estimate of drug-likeness (QED) is 0.909. The first kappa shape index (κ1) is 13.5. The summed E-state index contributed by atoms with van der Waals surface area (Å²) in [5.74, 6) is 1.17. The summed E-state index contributed by atoms with van der Waals surface area (Å²) >= 11 is 0. The molecule has 4 heteroatoms. The number of hydrogen-bond acceptors (Lipinski definition) is 4. The lowest BCUT2D eigenvalue weighted by molar-refractivity contribution is 0.414. The number of aromatic hydroxyl groups is 1. The van der Waals surface area contributed by atoms with Crippen LogP contribution < -0.4 is 10.2 Å². The number of benzene rings is 2. The maximum atomic E-state index is 9.60. The van der Waals surface area contributed by atoms with E-state index in [4.69, 9.17) is 4.74 Å². The molecule has 1 aliphatic rings. The van der Waals surface area contributed by atoms with Crippen LogP contribution in [0.15, 0.2) is 47.6 Å². The molecular weight excluding hydrogens is 264 g/mol. The van der Waals surface area contributed by atoms with Crippen LogP contribution >= 0.6 is 0 Å². The Labute approximate surface area is 124 Å². The molecule has 0 fully saturated rings. The Morgan fingerprint density at radius 2 is 1.95 bits per heavy atom. The molecule has 0 spiro atoms. The van der Waals surface area contributed by atoms with E-state index < -0.39 is 0 Å². The number of nitrogens with one attached hydrogen (secondary N) is 1. The van der Waals surface area contributed by atoms with E-state index in [0.717, 1.165) is 29.0 Å². The van der Waals surface area contributed by atoms with Gasteiger partial charge in [-0.15, -0.1) is 0 Å². The van der Waals surface area contributed by atoms with Gasteiger partial charge in [0, 0.05) is 6.42 Å². The van der Waals surface area contributed by atoms with Crippen LogP contribution in [0.25, 0.3) is 0 Å². The zero-order chi connectivity index (χ0) is 14.8. The Morgan fingerprint density at radius 1 is 1.19 bits per heavy atom. The Morgan fingerprint density at radius 3 is 2.62 bits per heavy atom. The number of ether oxygens (including phenoxy) is 1. The Balaban J connectivity index is 1.75. The summed E-state index contributed by atoms with van der Waals surface area (Å²) in [5.41, 5.74) is 7.29. The maximum absolute atomic E-state index is 9.60. The number of hydrogen-bond donors (Lipinski definition) is 2. The molecular formula is C17H18N2O2. The fourth-order valence-corrected chi connectivity index (χ4v) is 2.49. The summed E-state index contributed by atoms with van der Waals surface area (Å²) < 4.78 is 5.17. The normalized spacial score (nSPS) is 17.2. The summed E-state index contributed by atoms with van der Waals surface area (Å²) in [7, 11) is 1.66. The van der Waals surface area contributed by atoms with Crippen LogP contribution in [0.4, 0.5) is 0 Å². The van der Waals surface area contributed by atoms with E-state index in [-0.39, 0.29) is 6.04 Å². The van der Waals surface area contributed by atoms with E-state index in [1.54, 1.807) is 13.2 Å². The Bertz CT molecular complexity index is 678. The van der Waals surface area contributed by atoms with Gasteiger partial charge >= 0.3 is 0 Å². The van der Waals surface area contributed by atoms with Gasteiger partial charge in [0.15, 0.2) is 0 Å². The summed E-state index contributed by atoms with van der Waals surface area (Å²) in [4.78, 5) is 0. The molecule has 108 valence electrons. The molecule has 0 radical (unpaired) electrons. The average Bonchev–Trinajstić information content (AvgIpc) is 3.00. The van der Waals surface area contributed by atoms with Gasteiger partial charge in [0.25, 0.3) is 0 Å². The molecule has 1 heterocycles. The van der Waals surface area contributed by atoms with Gasteiger partial charge < -0.3 is 15.3 Å². The van der Waals surface area contributed by atoms with Gasteiger partial charge in [0.2, 0.25) is 0 Å². The lowest BCUT2D eigenvalue weighted by Gasteiger charge is -2.11. The lowest BCUT2D eigenvalue weighted by atomic mass is 9.98. The Kier molecular flexibility index (Phi) is 3.52. The highest BCUT2D eigenvalue weighted by Crippen LogP contribution is 2.27. The third kappa shape index (κ3) is 2.70. The molecule has 2 aromatic rings. The van der Waals surface area contributed by atoms with Crippen molar-refractivity contribution >= 4 is 5.71 Å². The zero-order valence-electron chi connectivity index (χ0n) is 12.1. The molecule has 1 atom stereocenters. The first-order valence-electron chi connectivity index (χ1n) is 6.93. The number of hydrazone groups is 1. The highest BCUT2D eigenvalue weighted by atomic mass is 16.5. The van der Waals surface area contributed by atoms with Crippen molar-refractivity contribution in [3.05, 3.63) is 59.2 Å². The molecule has 0 saturated heterocycles. The van der Waals surface area contributed by atoms with E-state index >= 15 is 0 Å². The lowest BCUT2D eigenvalue weighted by Crippen LogP contribution is -2.09. The second-order valence-corrected chi connectivity index (χ2v) is 5.22. The molecule has 1 unspecified atom stereocenters. The Hall–Kier alpha value is -2.49. The summed E-state index contributed by atoms with van der Waals surface area (Å²) in [5, 5.41) is 14.0. The van der Waals surface area contributed by atoms with Gasteiger partial charge in [0.1, 0.15) is 11.5 Å². The van der Waals surface area contributed by atoms with Crippen molar-refractivity contribution in [1.82, 2.24) is 5.43 Å². The van der Waals surface area contributed by atoms with E-state index in [9.17, 15) is 5.11 Å². The minimum atomic E-state index is 0.181. The monoisotopic (exact) mass is 282 g/mol. The van der Waals surface area contributed by atoms with E-state index in [1.807, 2.05) is 31.2 Å². The smallest absolute Gasteiger partial charge is 0.118 e. The van der Waals surface area contributed by atoms with Crippen molar-refractivity contribution in [2.75, 3.05) is 7.11 Å². The molecule has 1 aliphatic heterocycles. The second kappa shape index (κ2) is 5.48. The molecule has 0 bridgehead atoms. The van der Waals surface area contributed by atoms with Crippen molar-refractivity contribution < 1.29 is 9.84 Å². The van der Waals surface area contributed by atoms with Crippen LogP contribution in [0.3, 0.4) is 0 Å². The van der Waals surface area contributed by atoms with E-state index in [1.165, 1.54) is 5.56 Å². The molecule has 0 saturated carbocycles. The standard InChI is InChI=1S/C17H18N2O2/c1-11-9-13(5-8-17(11)20)16-10-15(18-19-16)12-3-6-14(21-2)7-4-12/h3-9,15,18,20H,10H2,1-2H3. The highest BCUT2D eigenvalue weighted by molar-refractivity contribution is 6.02. The topological polar surface area (TPSA) is 53.9 Å². The van der Waals surface area contributed by atoms with Crippen LogP contribution in [0.5, 0.6) is 11.5 Å². The first-order valence-corrected chi connectivity index (χ1v) is 6.93. The number of aryl methyl sites for hydroxylation is 1. The molecule has 2 aromatic carbocycles. The minimum absolute atomic E-state index is 0.181. The van der Waals surface area contributed by atoms with Crippen LogP contribution in [0, 0.1) is 6.92 Å². The van der Waals surface area contributed by atoms with Crippen LogP contribution in [0.1, 0.15) is 29.2 Å². The van der Waals surface area contributed by atoms with E-state index in [2.05, 4.69) is 22.7 Å². The number of rotatable bonds is 3. The molecule has 4 nitrogen and oxygen atoms in total. The van der Waals surface area contributed by atoms with Crippen LogP contribution in [-0.2, 0) is 0 Å². The molecule has 2 N–H and O–H groups in total. The van der Waals surface area contributed by atoms with Gasteiger partial charge in [-0.05, 0) is 53.9 Å². The molecule has 3 rings (SSSR count).